The van der Waals surface area contributed by atoms with Gasteiger partial charge >= 0.3 is 0 Å². The van der Waals surface area contributed by atoms with Crippen molar-refractivity contribution in [2.75, 3.05) is 6.54 Å². The summed E-state index contributed by atoms with van der Waals surface area (Å²) in [5, 5.41) is 7.73. The van der Waals surface area contributed by atoms with Crippen LogP contribution >= 0.6 is 12.4 Å². The average molecular weight is 371 g/mol. The van der Waals surface area contributed by atoms with E-state index in [0.717, 1.165) is 5.56 Å². The smallest absolute Gasteiger partial charge is 0.242 e. The number of halogens is 1. The largest absolute Gasteiger partial charge is 0.350 e. The Morgan fingerprint density at radius 3 is 2.16 bits per heavy atom. The number of amides is 3. The SMILES string of the molecule is CC(NC(=O)CNC(=O)[C@@H](N)C(C)C)C(=O)NCc1ccccc1.Cl. The third kappa shape index (κ3) is 8.51. The van der Waals surface area contributed by atoms with Crippen molar-refractivity contribution in [1.82, 2.24) is 16.0 Å². The Bertz CT molecular complexity index is 566. The summed E-state index contributed by atoms with van der Waals surface area (Å²) in [6.45, 7) is 5.41. The fraction of sp³-hybridized carbons (Fsp3) is 0.471. The lowest BCUT2D eigenvalue weighted by Crippen LogP contribution is -2.50. The zero-order valence-corrected chi connectivity index (χ0v) is 15.6. The average Bonchev–Trinajstić information content (AvgIpc) is 2.57. The molecule has 7 nitrogen and oxygen atoms in total. The van der Waals surface area contributed by atoms with Crippen molar-refractivity contribution in [1.29, 1.82) is 0 Å². The standard InChI is InChI=1S/C17H26N4O3.ClH/c1-11(2)15(18)17(24)20-10-14(22)21-12(3)16(23)19-9-13-7-5-4-6-8-13;/h4-8,11-12,15H,9-10,18H2,1-3H3,(H,19,23)(H,20,24)(H,21,22);1H/t12?,15-;/m0./s1. The van der Waals surface area contributed by atoms with Gasteiger partial charge in [-0.25, -0.2) is 0 Å². The van der Waals surface area contributed by atoms with Crippen molar-refractivity contribution in [2.45, 2.75) is 39.4 Å². The molecule has 0 spiro atoms. The minimum atomic E-state index is -0.697. The van der Waals surface area contributed by atoms with E-state index in [1.165, 1.54) is 0 Å². The molecule has 0 aliphatic carbocycles. The van der Waals surface area contributed by atoms with Crippen LogP contribution in [0.4, 0.5) is 0 Å². The zero-order chi connectivity index (χ0) is 18.1. The number of benzene rings is 1. The van der Waals surface area contributed by atoms with Gasteiger partial charge in [0.15, 0.2) is 0 Å². The minimum Gasteiger partial charge on any atom is -0.350 e. The molecule has 0 aliphatic heterocycles. The van der Waals surface area contributed by atoms with Crippen LogP contribution in [-0.2, 0) is 20.9 Å². The molecule has 8 heteroatoms. The molecule has 25 heavy (non-hydrogen) atoms. The molecule has 1 rings (SSSR count). The maximum Gasteiger partial charge on any atom is 0.242 e. The molecule has 0 aromatic heterocycles. The van der Waals surface area contributed by atoms with E-state index in [9.17, 15) is 14.4 Å². The fourth-order valence-corrected chi connectivity index (χ4v) is 1.88. The predicted octanol–water partition coefficient (Wildman–Crippen LogP) is 0.329. The van der Waals surface area contributed by atoms with Crippen LogP contribution in [0.25, 0.3) is 0 Å². The number of rotatable bonds is 8. The number of carbonyl (C=O) groups excluding carboxylic acids is 3. The topological polar surface area (TPSA) is 113 Å². The molecule has 1 aromatic rings. The summed E-state index contributed by atoms with van der Waals surface area (Å²) >= 11 is 0. The van der Waals surface area contributed by atoms with Crippen LogP contribution in [0.5, 0.6) is 0 Å². The Kier molecular flexibility index (Phi) is 10.5. The van der Waals surface area contributed by atoms with E-state index in [-0.39, 0.29) is 36.7 Å². The van der Waals surface area contributed by atoms with Crippen LogP contribution in [-0.4, -0.2) is 36.3 Å². The molecule has 140 valence electrons. The normalized spacial score (nSPS) is 12.5. The molecule has 0 fully saturated rings. The van der Waals surface area contributed by atoms with Gasteiger partial charge < -0.3 is 21.7 Å². The van der Waals surface area contributed by atoms with Crippen molar-refractivity contribution >= 4 is 30.1 Å². The van der Waals surface area contributed by atoms with Gasteiger partial charge in [0, 0.05) is 6.54 Å². The molecule has 2 atom stereocenters. The quantitative estimate of drug-likeness (QED) is 0.528. The van der Waals surface area contributed by atoms with Crippen molar-refractivity contribution in [3.63, 3.8) is 0 Å². The van der Waals surface area contributed by atoms with E-state index in [4.69, 9.17) is 5.73 Å². The first kappa shape index (κ1) is 22.9. The Morgan fingerprint density at radius 2 is 1.60 bits per heavy atom. The van der Waals surface area contributed by atoms with Gasteiger partial charge in [-0.05, 0) is 18.4 Å². The van der Waals surface area contributed by atoms with Crippen LogP contribution in [0.2, 0.25) is 0 Å². The number of nitrogens with one attached hydrogen (secondary N) is 3. The highest BCUT2D eigenvalue weighted by atomic mass is 35.5. The van der Waals surface area contributed by atoms with Crippen molar-refractivity contribution in [3.05, 3.63) is 35.9 Å². The molecule has 3 amide bonds. The summed E-state index contributed by atoms with van der Waals surface area (Å²) < 4.78 is 0. The molecule has 1 aromatic carbocycles. The fourth-order valence-electron chi connectivity index (χ4n) is 1.88. The Labute approximate surface area is 154 Å². The van der Waals surface area contributed by atoms with E-state index in [0.29, 0.717) is 6.54 Å². The Hall–Kier alpha value is -2.12. The number of hydrogen-bond donors (Lipinski definition) is 4. The van der Waals surface area contributed by atoms with Gasteiger partial charge in [-0.2, -0.15) is 0 Å². The lowest BCUT2D eigenvalue weighted by molar-refractivity contribution is -0.130. The van der Waals surface area contributed by atoms with Gasteiger partial charge in [0.2, 0.25) is 17.7 Å². The molecule has 1 unspecified atom stereocenters. The van der Waals surface area contributed by atoms with E-state index >= 15 is 0 Å². The van der Waals surface area contributed by atoms with Crippen molar-refractivity contribution in [3.8, 4) is 0 Å². The monoisotopic (exact) mass is 370 g/mol. The molecular formula is C17H27ClN4O3. The maximum atomic E-state index is 12.0. The molecule has 0 radical (unpaired) electrons. The summed E-state index contributed by atoms with van der Waals surface area (Å²) in [6, 6.07) is 8.11. The maximum absolute atomic E-state index is 12.0. The van der Waals surface area contributed by atoms with Gasteiger partial charge in [-0.1, -0.05) is 44.2 Å². The molecular weight excluding hydrogens is 344 g/mol. The summed E-state index contributed by atoms with van der Waals surface area (Å²) in [6.07, 6.45) is 0. The molecule has 0 aliphatic rings. The third-order valence-corrected chi connectivity index (χ3v) is 3.52. The number of nitrogens with two attached hydrogens (primary N) is 1. The highest BCUT2D eigenvalue weighted by molar-refractivity contribution is 5.90. The van der Waals surface area contributed by atoms with Gasteiger partial charge in [-0.15, -0.1) is 12.4 Å². The lowest BCUT2D eigenvalue weighted by Gasteiger charge is -2.17. The predicted molar refractivity (Wildman–Crippen MR) is 99.0 cm³/mol. The highest BCUT2D eigenvalue weighted by Crippen LogP contribution is 1.98. The van der Waals surface area contributed by atoms with E-state index in [1.54, 1.807) is 6.92 Å². The first-order valence-electron chi connectivity index (χ1n) is 7.95. The highest BCUT2D eigenvalue weighted by Gasteiger charge is 2.19. The van der Waals surface area contributed by atoms with Crippen LogP contribution < -0.4 is 21.7 Å². The van der Waals surface area contributed by atoms with Crippen LogP contribution in [0.15, 0.2) is 30.3 Å². The Morgan fingerprint density at radius 1 is 1.00 bits per heavy atom. The first-order valence-corrected chi connectivity index (χ1v) is 7.95. The molecule has 5 N–H and O–H groups in total. The molecule has 0 heterocycles. The van der Waals surface area contributed by atoms with Gasteiger partial charge in [0.25, 0.3) is 0 Å². The molecule has 0 saturated heterocycles. The van der Waals surface area contributed by atoms with Gasteiger partial charge in [0.05, 0.1) is 12.6 Å². The molecule has 0 bridgehead atoms. The second-order valence-electron chi connectivity index (χ2n) is 5.98. The third-order valence-electron chi connectivity index (χ3n) is 3.52. The number of hydrogen-bond acceptors (Lipinski definition) is 4. The van der Waals surface area contributed by atoms with E-state index < -0.39 is 18.0 Å². The van der Waals surface area contributed by atoms with Crippen molar-refractivity contribution < 1.29 is 14.4 Å². The van der Waals surface area contributed by atoms with Crippen LogP contribution in [0.3, 0.4) is 0 Å². The van der Waals surface area contributed by atoms with Crippen molar-refractivity contribution in [2.24, 2.45) is 11.7 Å². The van der Waals surface area contributed by atoms with Gasteiger partial charge in [0.1, 0.15) is 6.04 Å². The summed E-state index contributed by atoms with van der Waals surface area (Å²) in [4.78, 5) is 35.4. The second-order valence-corrected chi connectivity index (χ2v) is 5.98. The summed E-state index contributed by atoms with van der Waals surface area (Å²) in [5.41, 5.74) is 6.65. The first-order chi connectivity index (χ1) is 11.3. The summed E-state index contributed by atoms with van der Waals surface area (Å²) in [7, 11) is 0. The zero-order valence-electron chi connectivity index (χ0n) is 14.7. The molecule has 0 saturated carbocycles. The lowest BCUT2D eigenvalue weighted by atomic mass is 10.1. The second kappa shape index (κ2) is 11.4. The van der Waals surface area contributed by atoms with Gasteiger partial charge in [-0.3, -0.25) is 14.4 Å². The number of carbonyl (C=O) groups is 3. The summed E-state index contributed by atoms with van der Waals surface area (Å²) in [5.74, 6) is -1.14. The minimum absolute atomic E-state index is 0. The van der Waals surface area contributed by atoms with E-state index in [2.05, 4.69) is 16.0 Å². The van der Waals surface area contributed by atoms with E-state index in [1.807, 2.05) is 44.2 Å². The Balaban J connectivity index is 0.00000576. The van der Waals surface area contributed by atoms with Crippen LogP contribution in [0, 0.1) is 5.92 Å². The van der Waals surface area contributed by atoms with Crippen LogP contribution in [0.1, 0.15) is 26.3 Å².